The number of benzene rings is 1. The van der Waals surface area contributed by atoms with Crippen molar-refractivity contribution in [1.82, 2.24) is 34.8 Å². The van der Waals surface area contributed by atoms with Crippen LogP contribution in [0.3, 0.4) is 0 Å². The van der Waals surface area contributed by atoms with Crippen LogP contribution in [-0.4, -0.2) is 35.4 Å². The Morgan fingerprint density at radius 1 is 1.10 bits per heavy atom. The smallest absolute Gasteiger partial charge is 0.272 e. The van der Waals surface area contributed by atoms with Crippen LogP contribution in [0.25, 0.3) is 11.5 Å². The first-order valence-electron chi connectivity index (χ1n) is 8.55. The Balaban J connectivity index is 1.55. The van der Waals surface area contributed by atoms with Crippen molar-refractivity contribution in [2.75, 3.05) is 0 Å². The third-order valence-corrected chi connectivity index (χ3v) is 4.05. The molecule has 4 aromatic rings. The highest BCUT2D eigenvalue weighted by Gasteiger charge is 2.13. The molecule has 29 heavy (non-hydrogen) atoms. The van der Waals surface area contributed by atoms with Gasteiger partial charge >= 0.3 is 0 Å². The van der Waals surface area contributed by atoms with Crippen LogP contribution in [0.2, 0.25) is 0 Å². The van der Waals surface area contributed by atoms with Crippen LogP contribution in [0.5, 0.6) is 0 Å². The molecule has 1 amide bonds. The molecule has 0 unspecified atom stereocenters. The molecule has 3 aromatic heterocycles. The van der Waals surface area contributed by atoms with Crippen molar-refractivity contribution in [1.29, 1.82) is 0 Å². The normalized spacial score (nSPS) is 10.7. The highest BCUT2D eigenvalue weighted by molar-refractivity contribution is 5.92. The zero-order valence-electron chi connectivity index (χ0n) is 14.9. The maximum Gasteiger partial charge on any atom is 0.272 e. The first kappa shape index (κ1) is 18.2. The van der Waals surface area contributed by atoms with Crippen molar-refractivity contribution < 1.29 is 9.18 Å². The summed E-state index contributed by atoms with van der Waals surface area (Å²) in [5.74, 6) is -0.376. The number of aromatic nitrogens is 6. The number of rotatable bonds is 5. The number of pyridine rings is 1. The molecule has 4 rings (SSSR count). The van der Waals surface area contributed by atoms with Crippen molar-refractivity contribution >= 4 is 5.91 Å². The maximum atomic E-state index is 13.1. The summed E-state index contributed by atoms with van der Waals surface area (Å²) in [6.45, 7) is 0.166. The van der Waals surface area contributed by atoms with Gasteiger partial charge in [0.05, 0.1) is 5.69 Å². The number of nitrogens with zero attached hydrogens (tertiary/aromatic N) is 6. The number of nitrogens with one attached hydrogen (secondary N) is 1. The predicted octanol–water partition coefficient (Wildman–Crippen LogP) is 1.28. The summed E-state index contributed by atoms with van der Waals surface area (Å²) in [5.41, 5.74) is 0.680. The van der Waals surface area contributed by atoms with E-state index in [1.807, 2.05) is 0 Å². The molecule has 0 bridgehead atoms. The molecule has 0 radical (unpaired) electrons. The second-order valence-electron chi connectivity index (χ2n) is 5.95. The molecule has 10 heteroatoms. The van der Waals surface area contributed by atoms with Crippen LogP contribution in [-0.2, 0) is 6.54 Å². The van der Waals surface area contributed by atoms with Crippen LogP contribution in [0.4, 0.5) is 4.39 Å². The van der Waals surface area contributed by atoms with Crippen LogP contribution in [0.15, 0.2) is 72.2 Å². The van der Waals surface area contributed by atoms with E-state index in [1.165, 1.54) is 53.7 Å². The molecule has 1 N–H and O–H groups in total. The quantitative estimate of drug-likeness (QED) is 0.549. The van der Waals surface area contributed by atoms with Gasteiger partial charge in [-0.2, -0.15) is 14.9 Å². The standard InChI is InChI=1S/C19H14FN7O2/c20-14-3-5-15(6-4-14)27-17(28)8-7-16(25-27)19(29)23-10-13-2-1-9-22-18(13)26-12-21-11-24-26/h1-9,11-12H,10H2,(H,23,29). The van der Waals surface area contributed by atoms with E-state index in [9.17, 15) is 14.0 Å². The van der Waals surface area contributed by atoms with Gasteiger partial charge in [0.25, 0.3) is 11.5 Å². The average Bonchev–Trinajstić information content (AvgIpc) is 3.28. The minimum absolute atomic E-state index is 0.0418. The molecule has 1 aromatic carbocycles. The van der Waals surface area contributed by atoms with Gasteiger partial charge in [0.1, 0.15) is 24.2 Å². The van der Waals surface area contributed by atoms with Gasteiger partial charge in [0.15, 0.2) is 5.82 Å². The Kier molecular flexibility index (Phi) is 4.89. The number of halogens is 1. The molecule has 0 saturated carbocycles. The lowest BCUT2D eigenvalue weighted by atomic mass is 10.2. The van der Waals surface area contributed by atoms with Crippen LogP contribution >= 0.6 is 0 Å². The summed E-state index contributed by atoms with van der Waals surface area (Å²) in [7, 11) is 0. The van der Waals surface area contributed by atoms with Gasteiger partial charge in [-0.05, 0) is 36.4 Å². The molecule has 0 spiro atoms. The molecule has 144 valence electrons. The molecule has 0 fully saturated rings. The number of carbonyl (C=O) groups excluding carboxylic acids is 1. The minimum atomic E-state index is -0.478. The monoisotopic (exact) mass is 391 g/mol. The van der Waals surface area contributed by atoms with Crippen molar-refractivity contribution in [3.8, 4) is 11.5 Å². The van der Waals surface area contributed by atoms with Crippen molar-refractivity contribution in [3.63, 3.8) is 0 Å². The van der Waals surface area contributed by atoms with E-state index >= 15 is 0 Å². The highest BCUT2D eigenvalue weighted by atomic mass is 19.1. The molecule has 9 nitrogen and oxygen atoms in total. The largest absolute Gasteiger partial charge is 0.346 e. The fraction of sp³-hybridized carbons (Fsp3) is 0.0526. The third kappa shape index (κ3) is 3.90. The number of amides is 1. The summed E-state index contributed by atoms with van der Waals surface area (Å²) in [6.07, 6.45) is 4.51. The van der Waals surface area contributed by atoms with E-state index in [1.54, 1.807) is 18.3 Å². The van der Waals surface area contributed by atoms with Gasteiger partial charge in [0, 0.05) is 24.4 Å². The molecule has 0 aliphatic rings. The fourth-order valence-electron chi connectivity index (χ4n) is 2.66. The molecular weight excluding hydrogens is 377 g/mol. The molecule has 0 aliphatic heterocycles. The molecule has 0 aliphatic carbocycles. The average molecular weight is 391 g/mol. The van der Waals surface area contributed by atoms with Crippen LogP contribution in [0.1, 0.15) is 16.1 Å². The van der Waals surface area contributed by atoms with E-state index in [2.05, 4.69) is 25.5 Å². The van der Waals surface area contributed by atoms with E-state index in [0.717, 1.165) is 10.2 Å². The Bertz CT molecular complexity index is 1200. The van der Waals surface area contributed by atoms with Crippen LogP contribution < -0.4 is 10.9 Å². The first-order chi connectivity index (χ1) is 14.1. The zero-order valence-corrected chi connectivity index (χ0v) is 14.9. The van der Waals surface area contributed by atoms with Crippen molar-refractivity contribution in [2.45, 2.75) is 6.54 Å². The third-order valence-electron chi connectivity index (χ3n) is 4.05. The summed E-state index contributed by atoms with van der Waals surface area (Å²) in [5, 5.41) is 10.9. The minimum Gasteiger partial charge on any atom is -0.346 e. The second-order valence-corrected chi connectivity index (χ2v) is 5.95. The summed E-state index contributed by atoms with van der Waals surface area (Å²) in [4.78, 5) is 32.8. The number of hydrogen-bond acceptors (Lipinski definition) is 6. The maximum absolute atomic E-state index is 13.1. The fourth-order valence-corrected chi connectivity index (χ4v) is 2.66. The summed E-state index contributed by atoms with van der Waals surface area (Å²) < 4.78 is 15.7. The predicted molar refractivity (Wildman–Crippen MR) is 100 cm³/mol. The Morgan fingerprint density at radius 2 is 1.93 bits per heavy atom. The zero-order chi connectivity index (χ0) is 20.2. The Hall–Kier alpha value is -4.21. The Labute approximate surface area is 163 Å². The van der Waals surface area contributed by atoms with E-state index in [0.29, 0.717) is 11.5 Å². The van der Waals surface area contributed by atoms with E-state index in [4.69, 9.17) is 0 Å². The topological polar surface area (TPSA) is 108 Å². The van der Waals surface area contributed by atoms with Gasteiger partial charge in [-0.1, -0.05) is 6.07 Å². The van der Waals surface area contributed by atoms with Crippen molar-refractivity contribution in [3.05, 3.63) is 94.8 Å². The van der Waals surface area contributed by atoms with Crippen LogP contribution in [0, 0.1) is 5.82 Å². The molecule has 3 heterocycles. The summed E-state index contributed by atoms with van der Waals surface area (Å²) in [6, 6.07) is 11.4. The lowest BCUT2D eigenvalue weighted by Gasteiger charge is -2.10. The van der Waals surface area contributed by atoms with Gasteiger partial charge in [-0.3, -0.25) is 9.59 Å². The lowest BCUT2D eigenvalue weighted by Crippen LogP contribution is -2.29. The molecule has 0 saturated heterocycles. The van der Waals surface area contributed by atoms with E-state index in [-0.39, 0.29) is 12.2 Å². The van der Waals surface area contributed by atoms with Crippen molar-refractivity contribution in [2.24, 2.45) is 0 Å². The number of hydrogen-bond donors (Lipinski definition) is 1. The first-order valence-corrected chi connectivity index (χ1v) is 8.55. The van der Waals surface area contributed by atoms with Gasteiger partial charge in [0.2, 0.25) is 0 Å². The van der Waals surface area contributed by atoms with Gasteiger partial charge < -0.3 is 5.32 Å². The second kappa shape index (κ2) is 7.80. The SMILES string of the molecule is O=C(NCc1cccnc1-n1cncn1)c1ccc(=O)n(-c2ccc(F)cc2)n1. The summed E-state index contributed by atoms with van der Waals surface area (Å²) >= 11 is 0. The highest BCUT2D eigenvalue weighted by Crippen LogP contribution is 2.10. The molecular formula is C19H14FN7O2. The molecule has 0 atom stereocenters. The van der Waals surface area contributed by atoms with E-state index < -0.39 is 17.3 Å². The van der Waals surface area contributed by atoms with Gasteiger partial charge in [-0.25, -0.2) is 19.0 Å². The lowest BCUT2D eigenvalue weighted by molar-refractivity contribution is 0.0944. The van der Waals surface area contributed by atoms with Gasteiger partial charge in [-0.15, -0.1) is 0 Å². The Morgan fingerprint density at radius 3 is 2.69 bits per heavy atom. The number of carbonyl (C=O) groups is 1.